The minimum absolute atomic E-state index is 0.529. The van der Waals surface area contributed by atoms with Crippen LogP contribution in [0.2, 0.25) is 0 Å². The van der Waals surface area contributed by atoms with E-state index in [1.165, 1.54) is 38.5 Å². The van der Waals surface area contributed by atoms with Crippen molar-refractivity contribution in [3.8, 4) is 0 Å². The van der Waals surface area contributed by atoms with E-state index in [1.54, 1.807) is 0 Å². The summed E-state index contributed by atoms with van der Waals surface area (Å²) in [6.45, 7) is 4.59. The van der Waals surface area contributed by atoms with Crippen molar-refractivity contribution >= 4 is 0 Å². The van der Waals surface area contributed by atoms with Gasteiger partial charge in [-0.3, -0.25) is 11.3 Å². The average molecular weight is 239 g/mol. The zero-order valence-electron chi connectivity index (χ0n) is 11.7. The molecular formula is C14H29N3. The Balaban J connectivity index is 2.02. The quantitative estimate of drug-likeness (QED) is 0.570. The van der Waals surface area contributed by atoms with Crippen LogP contribution in [0.4, 0.5) is 0 Å². The minimum atomic E-state index is 0.529. The number of nitrogens with zero attached hydrogens (tertiary/aromatic N) is 1. The molecule has 0 saturated carbocycles. The van der Waals surface area contributed by atoms with Crippen molar-refractivity contribution in [2.24, 2.45) is 17.7 Å². The van der Waals surface area contributed by atoms with Crippen molar-refractivity contribution in [1.29, 1.82) is 0 Å². The first-order valence-electron chi connectivity index (χ1n) is 7.39. The molecule has 0 spiro atoms. The van der Waals surface area contributed by atoms with Crippen LogP contribution < -0.4 is 11.3 Å². The van der Waals surface area contributed by atoms with Gasteiger partial charge in [-0.05, 0) is 44.6 Å². The van der Waals surface area contributed by atoms with Gasteiger partial charge in [0.1, 0.15) is 0 Å². The third kappa shape index (κ3) is 2.51. The monoisotopic (exact) mass is 239 g/mol. The zero-order chi connectivity index (χ0) is 12.4. The molecule has 3 N–H and O–H groups in total. The molecule has 2 aliphatic heterocycles. The average Bonchev–Trinajstić information content (AvgIpc) is 2.57. The lowest BCUT2D eigenvalue weighted by Gasteiger charge is -2.41. The van der Waals surface area contributed by atoms with Gasteiger partial charge in [-0.1, -0.05) is 26.7 Å². The lowest BCUT2D eigenvalue weighted by atomic mass is 9.78. The second kappa shape index (κ2) is 5.68. The van der Waals surface area contributed by atoms with E-state index in [2.05, 4.69) is 31.2 Å². The highest BCUT2D eigenvalue weighted by molar-refractivity contribution is 4.97. The lowest BCUT2D eigenvalue weighted by molar-refractivity contribution is 0.0932. The van der Waals surface area contributed by atoms with Crippen LogP contribution in [0, 0.1) is 11.8 Å². The summed E-state index contributed by atoms with van der Waals surface area (Å²) in [5, 5.41) is 0. The first-order chi connectivity index (χ1) is 8.21. The summed E-state index contributed by atoms with van der Waals surface area (Å²) in [5.41, 5.74) is 3.14. The summed E-state index contributed by atoms with van der Waals surface area (Å²) in [6, 6.07) is 2.18. The summed E-state index contributed by atoms with van der Waals surface area (Å²) < 4.78 is 0. The second-order valence-corrected chi connectivity index (χ2v) is 6.05. The standard InChI is InChI=1S/C14H29N3/c1-4-10(5-2)14(16-15)11-8-12-6-7-13(9-11)17(12)3/h10-14,16H,4-9,15H2,1-3H3. The highest BCUT2D eigenvalue weighted by atomic mass is 15.2. The number of piperidine rings is 1. The fraction of sp³-hybridized carbons (Fsp3) is 1.00. The Hall–Kier alpha value is -0.120. The van der Waals surface area contributed by atoms with Crippen LogP contribution in [0.25, 0.3) is 0 Å². The molecule has 2 bridgehead atoms. The van der Waals surface area contributed by atoms with E-state index in [9.17, 15) is 0 Å². The van der Waals surface area contributed by atoms with Gasteiger partial charge in [-0.15, -0.1) is 0 Å². The maximum atomic E-state index is 5.84. The first kappa shape index (κ1) is 13.3. The number of fused-ring (bicyclic) bond motifs is 2. The van der Waals surface area contributed by atoms with E-state index in [-0.39, 0.29) is 0 Å². The molecule has 0 aromatic rings. The topological polar surface area (TPSA) is 41.3 Å². The molecular weight excluding hydrogens is 210 g/mol. The van der Waals surface area contributed by atoms with E-state index < -0.39 is 0 Å². The molecule has 2 heterocycles. The molecule has 3 atom stereocenters. The highest BCUT2D eigenvalue weighted by Gasteiger charge is 2.41. The van der Waals surface area contributed by atoms with Crippen LogP contribution >= 0.6 is 0 Å². The molecule has 2 saturated heterocycles. The molecule has 3 unspecified atom stereocenters. The molecule has 0 aromatic heterocycles. The molecule has 0 amide bonds. The van der Waals surface area contributed by atoms with E-state index in [1.807, 2.05) is 0 Å². The zero-order valence-corrected chi connectivity index (χ0v) is 11.7. The second-order valence-electron chi connectivity index (χ2n) is 6.05. The summed E-state index contributed by atoms with van der Waals surface area (Å²) in [5.74, 6) is 7.37. The minimum Gasteiger partial charge on any atom is -0.300 e. The molecule has 17 heavy (non-hydrogen) atoms. The van der Waals surface area contributed by atoms with Crippen LogP contribution in [0.15, 0.2) is 0 Å². The predicted octanol–water partition coefficient (Wildman–Crippen LogP) is 2.13. The molecule has 100 valence electrons. The van der Waals surface area contributed by atoms with E-state index in [0.717, 1.165) is 23.9 Å². The summed E-state index contributed by atoms with van der Waals surface area (Å²) in [4.78, 5) is 2.61. The van der Waals surface area contributed by atoms with Crippen LogP contribution in [0.3, 0.4) is 0 Å². The van der Waals surface area contributed by atoms with Crippen molar-refractivity contribution in [1.82, 2.24) is 10.3 Å². The molecule has 3 heteroatoms. The van der Waals surface area contributed by atoms with E-state index in [4.69, 9.17) is 5.84 Å². The van der Waals surface area contributed by atoms with Crippen molar-refractivity contribution in [2.75, 3.05) is 7.05 Å². The van der Waals surface area contributed by atoms with Crippen LogP contribution in [0.5, 0.6) is 0 Å². The fourth-order valence-electron chi connectivity index (χ4n) is 4.20. The Morgan fingerprint density at radius 2 is 1.71 bits per heavy atom. The number of rotatable bonds is 5. The number of hydrogen-bond acceptors (Lipinski definition) is 3. The van der Waals surface area contributed by atoms with Gasteiger partial charge < -0.3 is 4.90 Å². The summed E-state index contributed by atoms with van der Waals surface area (Å²) >= 11 is 0. The third-order valence-electron chi connectivity index (χ3n) is 5.39. The van der Waals surface area contributed by atoms with Crippen LogP contribution in [-0.2, 0) is 0 Å². The van der Waals surface area contributed by atoms with E-state index >= 15 is 0 Å². The molecule has 0 aromatic carbocycles. The van der Waals surface area contributed by atoms with Gasteiger partial charge in [0.15, 0.2) is 0 Å². The highest BCUT2D eigenvalue weighted by Crippen LogP contribution is 2.40. The Kier molecular flexibility index (Phi) is 4.45. The molecule has 0 radical (unpaired) electrons. The molecule has 0 aliphatic carbocycles. The van der Waals surface area contributed by atoms with Gasteiger partial charge in [-0.25, -0.2) is 0 Å². The SMILES string of the molecule is CCC(CC)C(NN)C1CC2CCC(C1)N2C. The molecule has 2 fully saturated rings. The number of hydrogen-bond donors (Lipinski definition) is 2. The van der Waals surface area contributed by atoms with Crippen molar-refractivity contribution < 1.29 is 0 Å². The normalized spacial score (nSPS) is 35.5. The van der Waals surface area contributed by atoms with Crippen molar-refractivity contribution in [3.63, 3.8) is 0 Å². The van der Waals surface area contributed by atoms with Crippen LogP contribution in [0.1, 0.15) is 52.4 Å². The summed E-state index contributed by atoms with van der Waals surface area (Å²) in [7, 11) is 2.31. The van der Waals surface area contributed by atoms with Gasteiger partial charge >= 0.3 is 0 Å². The largest absolute Gasteiger partial charge is 0.300 e. The van der Waals surface area contributed by atoms with Crippen LogP contribution in [-0.4, -0.2) is 30.1 Å². The fourth-order valence-corrected chi connectivity index (χ4v) is 4.20. The Bertz CT molecular complexity index is 226. The molecule has 3 nitrogen and oxygen atoms in total. The van der Waals surface area contributed by atoms with Gasteiger partial charge in [0, 0.05) is 18.1 Å². The van der Waals surface area contributed by atoms with Gasteiger partial charge in [-0.2, -0.15) is 0 Å². The molecule has 2 aliphatic rings. The Labute approximate surface area is 106 Å². The Morgan fingerprint density at radius 3 is 2.12 bits per heavy atom. The number of nitrogens with one attached hydrogen (secondary N) is 1. The maximum Gasteiger partial charge on any atom is 0.0267 e. The van der Waals surface area contributed by atoms with Gasteiger partial charge in [0.2, 0.25) is 0 Å². The number of nitrogens with two attached hydrogens (primary N) is 1. The summed E-state index contributed by atoms with van der Waals surface area (Å²) in [6.07, 6.45) is 7.98. The smallest absolute Gasteiger partial charge is 0.0267 e. The lowest BCUT2D eigenvalue weighted by Crippen LogP contribution is -2.51. The maximum absolute atomic E-state index is 5.84. The first-order valence-corrected chi connectivity index (χ1v) is 7.39. The molecule has 2 rings (SSSR count). The Morgan fingerprint density at radius 1 is 1.18 bits per heavy atom. The third-order valence-corrected chi connectivity index (χ3v) is 5.39. The van der Waals surface area contributed by atoms with Gasteiger partial charge in [0.05, 0.1) is 0 Å². The van der Waals surface area contributed by atoms with E-state index in [0.29, 0.717) is 6.04 Å². The van der Waals surface area contributed by atoms with Gasteiger partial charge in [0.25, 0.3) is 0 Å². The number of hydrazine groups is 1. The van der Waals surface area contributed by atoms with Crippen molar-refractivity contribution in [3.05, 3.63) is 0 Å². The predicted molar refractivity (Wildman–Crippen MR) is 72.5 cm³/mol. The van der Waals surface area contributed by atoms with Crippen molar-refractivity contribution in [2.45, 2.75) is 70.5 Å².